The molecule has 6 nitrogen and oxygen atoms in total. The minimum Gasteiger partial charge on any atom is -0.353 e. The molecule has 68 heavy (non-hydrogen) atoms. The molecule has 0 atom stereocenters. The largest absolute Gasteiger partial charge is 0.353 e. The number of benzene rings is 6. The fourth-order valence-electron chi connectivity index (χ4n) is 9.37. The highest BCUT2D eigenvalue weighted by molar-refractivity contribution is 5.99. The molecule has 11 rings (SSSR count). The van der Waals surface area contributed by atoms with E-state index in [2.05, 4.69) is 254 Å². The average Bonchev–Trinajstić information content (AvgIpc) is 4.22. The zero-order chi connectivity index (χ0) is 46.1. The molecule has 9 aromatic rings. The van der Waals surface area contributed by atoms with Crippen LogP contribution in [0.1, 0.15) is 56.2 Å². The topological polar surface area (TPSA) is 63.8 Å². The second-order valence-electron chi connectivity index (χ2n) is 18.0. The smallest absolute Gasteiger partial charge is 0.0914 e. The molecule has 2 aliphatic heterocycles. The molecule has 0 fully saturated rings. The Morgan fingerprint density at radius 3 is 1.03 bits per heavy atom. The number of rotatable bonds is 10. The zero-order valence-electron chi connectivity index (χ0n) is 38.8. The summed E-state index contributed by atoms with van der Waals surface area (Å²) in [6, 6.07) is 65.4. The second-order valence-corrected chi connectivity index (χ2v) is 18.0. The van der Waals surface area contributed by atoms with Gasteiger partial charge in [-0.2, -0.15) is 0 Å². The van der Waals surface area contributed by atoms with Gasteiger partial charge >= 0.3 is 0 Å². The van der Waals surface area contributed by atoms with E-state index < -0.39 is 0 Å². The van der Waals surface area contributed by atoms with E-state index in [1.807, 2.05) is 0 Å². The number of aryl methyl sites for hydroxylation is 4. The molecule has 0 unspecified atom stereocenters. The SMILES string of the molecule is Cc1ccc(-c2c3nc(c(N(Cc4ccccc4)c4ccc(C)cc4)c4ccc([nH]4)c(-c4ccc(C)cc4)c4nc(c(N(Cc5ccccc5)c5ccc(C)cc5)c5ccc2[nH]5)C=C4)C=C3)cc1. The van der Waals surface area contributed by atoms with E-state index >= 15 is 0 Å². The van der Waals surface area contributed by atoms with Crippen LogP contribution in [0.3, 0.4) is 0 Å². The number of nitrogens with zero attached hydrogens (tertiary/aromatic N) is 4. The van der Waals surface area contributed by atoms with Gasteiger partial charge in [0.25, 0.3) is 0 Å². The van der Waals surface area contributed by atoms with Crippen LogP contribution in [-0.2, 0) is 13.1 Å². The summed E-state index contributed by atoms with van der Waals surface area (Å²) in [5.41, 5.74) is 22.8. The molecule has 5 heterocycles. The summed E-state index contributed by atoms with van der Waals surface area (Å²) in [5, 5.41) is 0. The van der Waals surface area contributed by atoms with Crippen molar-refractivity contribution in [1.82, 2.24) is 19.9 Å². The Hall–Kier alpha value is -8.48. The highest BCUT2D eigenvalue weighted by atomic mass is 15.2. The highest BCUT2D eigenvalue weighted by Gasteiger charge is 2.24. The molecule has 0 saturated heterocycles. The lowest BCUT2D eigenvalue weighted by atomic mass is 10.0. The maximum atomic E-state index is 5.65. The standard InChI is InChI=1S/C62H52N6/c1-41-15-23-47(24-16-41)59-51-31-35-55(63-51)61(67(39-45-11-7-5-8-12-45)49-27-19-43(3)20-28-49)57-37-33-53(65-57)60(48-25-17-42(2)18-26-48)54-34-38-58(66-54)62(56-36-32-52(59)64-56)68(40-46-13-9-6-10-14-46)50-29-21-44(4)22-30-50/h5-38,63,66H,39-40H2,1-4H3. The Kier molecular flexibility index (Phi) is 11.2. The van der Waals surface area contributed by atoms with Crippen molar-refractivity contribution in [3.05, 3.63) is 238 Å². The molecular weight excluding hydrogens is 829 g/mol. The second kappa shape index (κ2) is 18.1. The maximum absolute atomic E-state index is 5.65. The molecule has 2 aliphatic rings. The Morgan fingerprint density at radius 2 is 0.662 bits per heavy atom. The van der Waals surface area contributed by atoms with Crippen molar-refractivity contribution in [2.24, 2.45) is 0 Å². The van der Waals surface area contributed by atoms with E-state index in [-0.39, 0.29) is 0 Å². The first kappa shape index (κ1) is 42.2. The number of aromatic nitrogens is 4. The molecule has 0 saturated carbocycles. The summed E-state index contributed by atoms with van der Waals surface area (Å²) < 4.78 is 0. The van der Waals surface area contributed by atoms with Gasteiger partial charge in [0.05, 0.1) is 45.2 Å². The molecule has 2 N–H and O–H groups in total. The molecule has 0 amide bonds. The van der Waals surface area contributed by atoms with Crippen LogP contribution >= 0.6 is 0 Å². The lowest BCUT2D eigenvalue weighted by Gasteiger charge is -2.26. The third kappa shape index (κ3) is 8.44. The number of anilines is 4. The normalized spacial score (nSPS) is 11.8. The fraction of sp³-hybridized carbons (Fsp3) is 0.0968. The summed E-state index contributed by atoms with van der Waals surface area (Å²) in [7, 11) is 0. The minimum atomic E-state index is 0.631. The number of H-pyrrole nitrogens is 2. The summed E-state index contributed by atoms with van der Waals surface area (Å²) in [5.74, 6) is 0. The summed E-state index contributed by atoms with van der Waals surface area (Å²) in [4.78, 5) is 24.0. The van der Waals surface area contributed by atoms with E-state index in [1.165, 1.54) is 33.4 Å². The lowest BCUT2D eigenvalue weighted by Crippen LogP contribution is -2.18. The molecule has 0 radical (unpaired) electrons. The van der Waals surface area contributed by atoms with Crippen molar-refractivity contribution in [1.29, 1.82) is 0 Å². The quantitative estimate of drug-likeness (QED) is 0.144. The van der Waals surface area contributed by atoms with Gasteiger partial charge in [0, 0.05) is 46.6 Å². The van der Waals surface area contributed by atoms with Crippen molar-refractivity contribution < 1.29 is 0 Å². The molecule has 330 valence electrons. The fourth-order valence-corrected chi connectivity index (χ4v) is 9.37. The van der Waals surface area contributed by atoms with Gasteiger partial charge in [-0.05, 0) is 123 Å². The Labute approximate surface area is 398 Å². The molecule has 0 aliphatic carbocycles. The van der Waals surface area contributed by atoms with Gasteiger partial charge in [0.2, 0.25) is 0 Å². The van der Waals surface area contributed by atoms with Crippen LogP contribution < -0.4 is 9.80 Å². The van der Waals surface area contributed by atoms with Crippen LogP contribution in [0.2, 0.25) is 0 Å². The van der Waals surface area contributed by atoms with Crippen LogP contribution in [-0.4, -0.2) is 19.9 Å². The highest BCUT2D eigenvalue weighted by Crippen LogP contribution is 2.41. The third-order valence-corrected chi connectivity index (χ3v) is 13.0. The van der Waals surface area contributed by atoms with E-state index in [1.54, 1.807) is 0 Å². The lowest BCUT2D eigenvalue weighted by molar-refractivity contribution is 0.971. The molecular formula is C62H52N6. The van der Waals surface area contributed by atoms with E-state index in [4.69, 9.17) is 9.97 Å². The number of hydrogen-bond acceptors (Lipinski definition) is 4. The summed E-state index contributed by atoms with van der Waals surface area (Å²) >= 11 is 0. The van der Waals surface area contributed by atoms with Crippen LogP contribution in [0.25, 0.3) is 68.6 Å². The third-order valence-electron chi connectivity index (χ3n) is 13.0. The Morgan fingerprint density at radius 1 is 0.338 bits per heavy atom. The number of aromatic amines is 2. The van der Waals surface area contributed by atoms with Crippen molar-refractivity contribution >= 4 is 69.1 Å². The zero-order valence-corrected chi connectivity index (χ0v) is 38.8. The number of hydrogen-bond donors (Lipinski definition) is 2. The van der Waals surface area contributed by atoms with Crippen molar-refractivity contribution in [3.8, 4) is 22.3 Å². The molecule has 6 heteroatoms. The van der Waals surface area contributed by atoms with Crippen molar-refractivity contribution in [2.45, 2.75) is 40.8 Å². The van der Waals surface area contributed by atoms with Gasteiger partial charge in [0.15, 0.2) is 0 Å². The Bertz CT molecular complexity index is 3270. The first-order valence-electron chi connectivity index (χ1n) is 23.4. The maximum Gasteiger partial charge on any atom is 0.0914 e. The van der Waals surface area contributed by atoms with Crippen molar-refractivity contribution in [3.63, 3.8) is 0 Å². The summed E-state index contributed by atoms with van der Waals surface area (Å²) in [6.45, 7) is 9.80. The van der Waals surface area contributed by atoms with Gasteiger partial charge in [-0.1, -0.05) is 156 Å². The molecule has 6 aromatic carbocycles. The monoisotopic (exact) mass is 880 g/mol. The number of fused-ring (bicyclic) bond motifs is 8. The Balaban J connectivity index is 1.28. The van der Waals surface area contributed by atoms with E-state index in [0.717, 1.165) is 89.8 Å². The molecule has 3 aromatic heterocycles. The van der Waals surface area contributed by atoms with Crippen LogP contribution in [0.15, 0.2) is 182 Å². The number of nitrogens with one attached hydrogen (secondary N) is 2. The van der Waals surface area contributed by atoms with Gasteiger partial charge < -0.3 is 19.8 Å². The first-order chi connectivity index (χ1) is 33.3. The average molecular weight is 881 g/mol. The molecule has 0 spiro atoms. The van der Waals surface area contributed by atoms with Gasteiger partial charge in [-0.3, -0.25) is 0 Å². The van der Waals surface area contributed by atoms with Crippen molar-refractivity contribution in [2.75, 3.05) is 9.80 Å². The summed E-state index contributed by atoms with van der Waals surface area (Å²) in [6.07, 6.45) is 8.71. The van der Waals surface area contributed by atoms with E-state index in [9.17, 15) is 0 Å². The van der Waals surface area contributed by atoms with Gasteiger partial charge in [-0.25, -0.2) is 9.97 Å². The van der Waals surface area contributed by atoms with Gasteiger partial charge in [-0.15, -0.1) is 0 Å². The minimum absolute atomic E-state index is 0.631. The predicted octanol–water partition coefficient (Wildman–Crippen LogP) is 15.9. The van der Waals surface area contributed by atoms with Gasteiger partial charge in [0.1, 0.15) is 0 Å². The van der Waals surface area contributed by atoms with Crippen LogP contribution in [0.5, 0.6) is 0 Å². The molecule has 8 bridgehead atoms. The van der Waals surface area contributed by atoms with E-state index in [0.29, 0.717) is 13.1 Å². The van der Waals surface area contributed by atoms with Crippen LogP contribution in [0, 0.1) is 27.7 Å². The first-order valence-corrected chi connectivity index (χ1v) is 23.4. The van der Waals surface area contributed by atoms with Crippen LogP contribution in [0.4, 0.5) is 22.7 Å². The predicted molar refractivity (Wildman–Crippen MR) is 286 cm³/mol.